The third-order valence-electron chi connectivity index (χ3n) is 4.25. The fourth-order valence-corrected chi connectivity index (χ4v) is 4.47. The van der Waals surface area contributed by atoms with Gasteiger partial charge in [0.15, 0.2) is 5.16 Å². The summed E-state index contributed by atoms with van der Waals surface area (Å²) in [4.78, 5) is 19.0. The molecule has 4 rings (SSSR count). The van der Waals surface area contributed by atoms with Gasteiger partial charge in [-0.1, -0.05) is 42.1 Å². The van der Waals surface area contributed by atoms with Gasteiger partial charge in [0.25, 0.3) is 5.56 Å². The van der Waals surface area contributed by atoms with E-state index in [1.165, 1.54) is 0 Å². The molecular formula is C21H18N2O2S2. The lowest BCUT2D eigenvalue weighted by atomic mass is 10.2. The summed E-state index contributed by atoms with van der Waals surface area (Å²) in [5, 5.41) is 3.42. The smallest absolute Gasteiger partial charge is 0.262 e. The van der Waals surface area contributed by atoms with Crippen LogP contribution in [-0.4, -0.2) is 16.7 Å². The Bertz CT molecular complexity index is 1100. The summed E-state index contributed by atoms with van der Waals surface area (Å²) in [6, 6.07) is 19.5. The van der Waals surface area contributed by atoms with E-state index in [4.69, 9.17) is 9.72 Å². The molecule has 0 bridgehead atoms. The molecule has 2 heterocycles. The zero-order chi connectivity index (χ0) is 18.6. The molecule has 136 valence electrons. The van der Waals surface area contributed by atoms with Crippen molar-refractivity contribution in [3.05, 3.63) is 86.8 Å². The lowest BCUT2D eigenvalue weighted by Crippen LogP contribution is -2.23. The summed E-state index contributed by atoms with van der Waals surface area (Å²) in [6.07, 6.45) is 0. The van der Waals surface area contributed by atoms with E-state index in [0.29, 0.717) is 11.9 Å². The van der Waals surface area contributed by atoms with Crippen LogP contribution in [0.3, 0.4) is 0 Å². The Balaban J connectivity index is 1.69. The van der Waals surface area contributed by atoms with Gasteiger partial charge in [-0.15, -0.1) is 11.3 Å². The van der Waals surface area contributed by atoms with Gasteiger partial charge < -0.3 is 4.74 Å². The lowest BCUT2D eigenvalue weighted by Gasteiger charge is -2.12. The second-order valence-electron chi connectivity index (χ2n) is 6.02. The van der Waals surface area contributed by atoms with Crippen molar-refractivity contribution in [1.29, 1.82) is 0 Å². The second-order valence-corrected chi connectivity index (χ2v) is 7.99. The largest absolute Gasteiger partial charge is 0.497 e. The molecule has 0 saturated carbocycles. The van der Waals surface area contributed by atoms with Gasteiger partial charge in [-0.2, -0.15) is 0 Å². The second kappa shape index (κ2) is 7.98. The SMILES string of the molecule is COc1ccc(CSc2nc3ccccc3c(=O)n2Cc2cccs2)cc1. The molecular weight excluding hydrogens is 376 g/mol. The molecule has 0 unspecified atom stereocenters. The molecule has 4 nitrogen and oxygen atoms in total. The van der Waals surface area contributed by atoms with E-state index in [-0.39, 0.29) is 5.56 Å². The van der Waals surface area contributed by atoms with Gasteiger partial charge in [-0.3, -0.25) is 9.36 Å². The zero-order valence-electron chi connectivity index (χ0n) is 14.8. The Morgan fingerprint density at radius 2 is 1.89 bits per heavy atom. The van der Waals surface area contributed by atoms with Crippen LogP contribution in [0.15, 0.2) is 76.0 Å². The Kier molecular flexibility index (Phi) is 5.27. The van der Waals surface area contributed by atoms with E-state index in [1.54, 1.807) is 34.8 Å². The molecule has 0 spiro atoms. The molecule has 0 radical (unpaired) electrons. The van der Waals surface area contributed by atoms with Crippen LogP contribution in [0, 0.1) is 0 Å². The van der Waals surface area contributed by atoms with Crippen LogP contribution in [0.1, 0.15) is 10.4 Å². The molecule has 0 amide bonds. The summed E-state index contributed by atoms with van der Waals surface area (Å²) in [5.74, 6) is 1.57. The molecule has 6 heteroatoms. The number of thiophene rings is 1. The molecule has 4 aromatic rings. The Morgan fingerprint density at radius 3 is 2.63 bits per heavy atom. The van der Waals surface area contributed by atoms with Crippen molar-refractivity contribution in [3.8, 4) is 5.75 Å². The lowest BCUT2D eigenvalue weighted by molar-refractivity contribution is 0.414. The first-order valence-electron chi connectivity index (χ1n) is 8.52. The maximum Gasteiger partial charge on any atom is 0.262 e. The van der Waals surface area contributed by atoms with Crippen LogP contribution in [-0.2, 0) is 12.3 Å². The van der Waals surface area contributed by atoms with Gasteiger partial charge >= 0.3 is 0 Å². The van der Waals surface area contributed by atoms with Gasteiger partial charge in [0, 0.05) is 10.6 Å². The maximum atomic E-state index is 13.1. The first-order valence-corrected chi connectivity index (χ1v) is 10.4. The fraction of sp³-hybridized carbons (Fsp3) is 0.143. The molecule has 0 aliphatic heterocycles. The molecule has 0 aliphatic carbocycles. The fourth-order valence-electron chi connectivity index (χ4n) is 2.83. The number of hydrogen-bond acceptors (Lipinski definition) is 5. The number of methoxy groups -OCH3 is 1. The van der Waals surface area contributed by atoms with Gasteiger partial charge in [0.05, 0.1) is 24.6 Å². The van der Waals surface area contributed by atoms with Crippen LogP contribution in [0.2, 0.25) is 0 Å². The minimum Gasteiger partial charge on any atom is -0.497 e. The van der Waals surface area contributed by atoms with Crippen LogP contribution in [0.5, 0.6) is 5.75 Å². The number of fused-ring (bicyclic) bond motifs is 1. The number of benzene rings is 2. The number of nitrogens with zero attached hydrogens (tertiary/aromatic N) is 2. The maximum absolute atomic E-state index is 13.1. The van der Waals surface area contributed by atoms with Gasteiger partial charge in [-0.25, -0.2) is 4.98 Å². The number of aromatic nitrogens is 2. The summed E-state index contributed by atoms with van der Waals surface area (Å²) in [5.41, 5.74) is 1.90. The van der Waals surface area contributed by atoms with Crippen molar-refractivity contribution in [1.82, 2.24) is 9.55 Å². The highest BCUT2D eigenvalue weighted by Gasteiger charge is 2.12. The van der Waals surface area contributed by atoms with Crippen molar-refractivity contribution < 1.29 is 4.74 Å². The minimum atomic E-state index is 0.00577. The highest BCUT2D eigenvalue weighted by molar-refractivity contribution is 7.98. The van der Waals surface area contributed by atoms with Crippen molar-refractivity contribution >= 4 is 34.0 Å². The number of rotatable bonds is 6. The topological polar surface area (TPSA) is 44.1 Å². The minimum absolute atomic E-state index is 0.00577. The number of para-hydroxylation sites is 1. The van der Waals surface area contributed by atoms with Crippen molar-refractivity contribution in [2.24, 2.45) is 0 Å². The predicted octanol–water partition coefficient (Wildman–Crippen LogP) is 4.81. The monoisotopic (exact) mass is 394 g/mol. The summed E-state index contributed by atoms with van der Waals surface area (Å²) in [6.45, 7) is 0.541. The molecule has 0 N–H and O–H groups in total. The summed E-state index contributed by atoms with van der Waals surface area (Å²) in [7, 11) is 1.66. The number of hydrogen-bond donors (Lipinski definition) is 0. The Labute approximate surface area is 165 Å². The van der Waals surface area contributed by atoms with E-state index < -0.39 is 0 Å². The normalized spacial score (nSPS) is 11.0. The molecule has 0 aliphatic rings. The highest BCUT2D eigenvalue weighted by atomic mass is 32.2. The Morgan fingerprint density at radius 1 is 1.07 bits per heavy atom. The molecule has 2 aromatic heterocycles. The van der Waals surface area contributed by atoms with E-state index in [1.807, 2.05) is 66.0 Å². The predicted molar refractivity (Wildman–Crippen MR) is 112 cm³/mol. The van der Waals surface area contributed by atoms with Crippen molar-refractivity contribution in [3.63, 3.8) is 0 Å². The third kappa shape index (κ3) is 3.91. The first kappa shape index (κ1) is 17.8. The van der Waals surface area contributed by atoms with Crippen molar-refractivity contribution in [2.45, 2.75) is 17.5 Å². The van der Waals surface area contributed by atoms with Crippen LogP contribution >= 0.6 is 23.1 Å². The van der Waals surface area contributed by atoms with E-state index in [0.717, 1.165) is 32.6 Å². The first-order chi connectivity index (χ1) is 13.2. The zero-order valence-corrected chi connectivity index (χ0v) is 16.4. The van der Waals surface area contributed by atoms with Crippen molar-refractivity contribution in [2.75, 3.05) is 7.11 Å². The number of thioether (sulfide) groups is 1. The molecule has 2 aromatic carbocycles. The highest BCUT2D eigenvalue weighted by Crippen LogP contribution is 2.24. The van der Waals surface area contributed by atoms with E-state index >= 15 is 0 Å². The third-order valence-corrected chi connectivity index (χ3v) is 6.16. The van der Waals surface area contributed by atoms with Crippen LogP contribution in [0.25, 0.3) is 10.9 Å². The summed E-state index contributed by atoms with van der Waals surface area (Å²) >= 11 is 3.23. The number of ether oxygens (including phenoxy) is 1. The van der Waals surface area contributed by atoms with Gasteiger partial charge in [-0.05, 0) is 41.3 Å². The molecule has 0 fully saturated rings. The van der Waals surface area contributed by atoms with E-state index in [9.17, 15) is 4.79 Å². The Hall–Kier alpha value is -2.57. The average Bonchev–Trinajstić information content (AvgIpc) is 3.22. The van der Waals surface area contributed by atoms with E-state index in [2.05, 4.69) is 0 Å². The van der Waals surface area contributed by atoms with Crippen LogP contribution in [0.4, 0.5) is 0 Å². The average molecular weight is 395 g/mol. The van der Waals surface area contributed by atoms with Gasteiger partial charge in [0.2, 0.25) is 0 Å². The standard InChI is InChI=1S/C21H18N2O2S2/c1-25-16-10-8-15(9-11-16)14-27-21-22-19-7-3-2-6-18(19)20(24)23(21)13-17-5-4-12-26-17/h2-12H,13-14H2,1H3. The molecule has 0 atom stereocenters. The van der Waals surface area contributed by atoms with Gasteiger partial charge in [0.1, 0.15) is 5.75 Å². The quantitative estimate of drug-likeness (QED) is 0.348. The van der Waals surface area contributed by atoms with Crippen LogP contribution < -0.4 is 10.3 Å². The molecule has 27 heavy (non-hydrogen) atoms. The summed E-state index contributed by atoms with van der Waals surface area (Å²) < 4.78 is 6.99. The molecule has 0 saturated heterocycles.